The van der Waals surface area contributed by atoms with Crippen LogP contribution in [0.3, 0.4) is 0 Å². The molecule has 5 heteroatoms. The number of nitrogens with one attached hydrogen (secondary N) is 1. The molecule has 0 radical (unpaired) electrons. The molecule has 0 saturated heterocycles. The summed E-state index contributed by atoms with van der Waals surface area (Å²) < 4.78 is 2.32. The molecule has 2 aromatic heterocycles. The van der Waals surface area contributed by atoms with Crippen LogP contribution >= 0.6 is 23.6 Å². The predicted octanol–water partition coefficient (Wildman–Crippen LogP) is 4.95. The number of fused-ring (bicyclic) bond motifs is 1. The van der Waals surface area contributed by atoms with Crippen molar-refractivity contribution in [3.8, 4) is 0 Å². The van der Waals surface area contributed by atoms with Gasteiger partial charge in [0, 0.05) is 11.4 Å². The Morgan fingerprint density at radius 2 is 2.05 bits per heavy atom. The van der Waals surface area contributed by atoms with Gasteiger partial charge in [-0.3, -0.25) is 9.36 Å². The molecule has 21 heavy (non-hydrogen) atoms. The summed E-state index contributed by atoms with van der Waals surface area (Å²) in [7, 11) is 0. The SMILES string of the molecule is CCCCC(CC)Cn1c(=S)[nH]c2sc(C)c(C)c2c1=O. The molecule has 2 heterocycles. The Morgan fingerprint density at radius 1 is 1.33 bits per heavy atom. The quantitative estimate of drug-likeness (QED) is 0.763. The van der Waals surface area contributed by atoms with Gasteiger partial charge in [0.1, 0.15) is 4.83 Å². The molecule has 0 aliphatic carbocycles. The molecular formula is C16H24N2OS2. The number of unbranched alkanes of at least 4 members (excludes halogenated alkanes) is 1. The minimum absolute atomic E-state index is 0.0746. The molecule has 0 aromatic carbocycles. The van der Waals surface area contributed by atoms with E-state index in [0.717, 1.165) is 35.2 Å². The smallest absolute Gasteiger partial charge is 0.263 e. The first-order chi connectivity index (χ1) is 9.99. The largest absolute Gasteiger partial charge is 0.323 e. The van der Waals surface area contributed by atoms with Crippen LogP contribution in [0.4, 0.5) is 0 Å². The van der Waals surface area contributed by atoms with Gasteiger partial charge in [-0.15, -0.1) is 11.3 Å². The van der Waals surface area contributed by atoms with E-state index in [0.29, 0.717) is 10.7 Å². The lowest BCUT2D eigenvalue weighted by Crippen LogP contribution is -2.25. The van der Waals surface area contributed by atoms with Gasteiger partial charge in [0.15, 0.2) is 4.77 Å². The van der Waals surface area contributed by atoms with E-state index < -0.39 is 0 Å². The van der Waals surface area contributed by atoms with Crippen molar-refractivity contribution in [3.05, 3.63) is 25.6 Å². The monoisotopic (exact) mass is 324 g/mol. The molecule has 3 nitrogen and oxygen atoms in total. The van der Waals surface area contributed by atoms with Gasteiger partial charge in [0.05, 0.1) is 5.39 Å². The van der Waals surface area contributed by atoms with E-state index in [2.05, 4.69) is 25.8 Å². The average molecular weight is 325 g/mol. The fourth-order valence-corrected chi connectivity index (χ4v) is 4.08. The van der Waals surface area contributed by atoms with Crippen LogP contribution in [0.5, 0.6) is 0 Å². The van der Waals surface area contributed by atoms with Crippen molar-refractivity contribution in [2.75, 3.05) is 0 Å². The molecule has 0 saturated carbocycles. The number of rotatable bonds is 6. The Kier molecular flexibility index (Phi) is 5.38. The predicted molar refractivity (Wildman–Crippen MR) is 94.0 cm³/mol. The maximum Gasteiger partial charge on any atom is 0.263 e. The van der Waals surface area contributed by atoms with Gasteiger partial charge in [-0.1, -0.05) is 33.1 Å². The third-order valence-electron chi connectivity index (χ3n) is 4.29. The highest BCUT2D eigenvalue weighted by atomic mass is 32.1. The van der Waals surface area contributed by atoms with E-state index >= 15 is 0 Å². The van der Waals surface area contributed by atoms with Crippen molar-refractivity contribution in [1.29, 1.82) is 0 Å². The third kappa shape index (κ3) is 3.29. The van der Waals surface area contributed by atoms with Gasteiger partial charge in [-0.2, -0.15) is 0 Å². The van der Waals surface area contributed by atoms with Crippen molar-refractivity contribution in [2.24, 2.45) is 5.92 Å². The van der Waals surface area contributed by atoms with E-state index in [1.807, 2.05) is 6.92 Å². The van der Waals surface area contributed by atoms with Crippen LogP contribution in [0.2, 0.25) is 0 Å². The summed E-state index contributed by atoms with van der Waals surface area (Å²) in [4.78, 5) is 18.1. The van der Waals surface area contributed by atoms with Gasteiger partial charge < -0.3 is 4.98 Å². The van der Waals surface area contributed by atoms with Crippen molar-refractivity contribution >= 4 is 33.8 Å². The Hall–Kier alpha value is -0.940. The fraction of sp³-hybridized carbons (Fsp3) is 0.625. The van der Waals surface area contributed by atoms with Crippen molar-refractivity contribution in [2.45, 2.75) is 59.9 Å². The number of nitrogens with zero attached hydrogens (tertiary/aromatic N) is 1. The number of aromatic amines is 1. The first kappa shape index (κ1) is 16.4. The molecule has 0 bridgehead atoms. The Bertz CT molecular complexity index is 739. The van der Waals surface area contributed by atoms with Crippen LogP contribution in [0.15, 0.2) is 4.79 Å². The van der Waals surface area contributed by atoms with Gasteiger partial charge in [0.25, 0.3) is 5.56 Å². The van der Waals surface area contributed by atoms with Crippen LogP contribution < -0.4 is 5.56 Å². The zero-order valence-electron chi connectivity index (χ0n) is 13.3. The highest BCUT2D eigenvalue weighted by molar-refractivity contribution is 7.71. The zero-order chi connectivity index (χ0) is 15.6. The van der Waals surface area contributed by atoms with E-state index in [1.165, 1.54) is 17.7 Å². The van der Waals surface area contributed by atoms with Gasteiger partial charge in [-0.25, -0.2) is 0 Å². The summed E-state index contributed by atoms with van der Waals surface area (Å²) in [5, 5.41) is 0.816. The molecule has 0 aliphatic rings. The van der Waals surface area contributed by atoms with Crippen LogP contribution in [0, 0.1) is 24.5 Å². The lowest BCUT2D eigenvalue weighted by molar-refractivity contribution is 0.382. The van der Waals surface area contributed by atoms with Crippen molar-refractivity contribution in [3.63, 3.8) is 0 Å². The number of hydrogen-bond acceptors (Lipinski definition) is 3. The lowest BCUT2D eigenvalue weighted by Gasteiger charge is -2.16. The van der Waals surface area contributed by atoms with E-state index in [9.17, 15) is 4.79 Å². The van der Waals surface area contributed by atoms with Gasteiger partial charge in [0.2, 0.25) is 0 Å². The normalized spacial score (nSPS) is 13.0. The Morgan fingerprint density at radius 3 is 2.67 bits per heavy atom. The summed E-state index contributed by atoms with van der Waals surface area (Å²) in [5.41, 5.74) is 1.16. The van der Waals surface area contributed by atoms with Crippen molar-refractivity contribution < 1.29 is 0 Å². The highest BCUT2D eigenvalue weighted by Crippen LogP contribution is 2.26. The number of H-pyrrole nitrogens is 1. The number of aromatic nitrogens is 2. The molecule has 0 amide bonds. The van der Waals surface area contributed by atoms with Crippen LogP contribution in [-0.4, -0.2) is 9.55 Å². The molecule has 1 unspecified atom stereocenters. The average Bonchev–Trinajstić information content (AvgIpc) is 2.73. The minimum atomic E-state index is 0.0746. The number of aryl methyl sites for hydroxylation is 2. The van der Waals surface area contributed by atoms with Crippen LogP contribution in [0.25, 0.3) is 10.2 Å². The fourth-order valence-electron chi connectivity index (χ4n) is 2.71. The molecule has 0 aliphatic heterocycles. The third-order valence-corrected chi connectivity index (χ3v) is 5.74. The van der Waals surface area contributed by atoms with E-state index in [1.54, 1.807) is 15.9 Å². The molecule has 1 atom stereocenters. The van der Waals surface area contributed by atoms with Gasteiger partial charge >= 0.3 is 0 Å². The molecule has 0 spiro atoms. The number of thiophene rings is 1. The molecule has 2 rings (SSSR count). The maximum atomic E-state index is 12.8. The van der Waals surface area contributed by atoms with Crippen LogP contribution in [0.1, 0.15) is 50.0 Å². The standard InChI is InChI=1S/C16H24N2OS2/c1-5-7-8-12(6-2)9-18-15(19)13-10(3)11(4)21-14(13)17-16(18)20/h12H,5-9H2,1-4H3,(H,17,20). The summed E-state index contributed by atoms with van der Waals surface area (Å²) in [6.07, 6.45) is 4.65. The maximum absolute atomic E-state index is 12.8. The number of hydrogen-bond donors (Lipinski definition) is 1. The first-order valence-electron chi connectivity index (χ1n) is 7.72. The second-order valence-corrected chi connectivity index (χ2v) is 7.36. The van der Waals surface area contributed by atoms with Gasteiger partial charge in [-0.05, 0) is 44.0 Å². The summed E-state index contributed by atoms with van der Waals surface area (Å²) in [6, 6.07) is 0. The molecule has 116 valence electrons. The molecule has 0 fully saturated rings. The summed E-state index contributed by atoms with van der Waals surface area (Å²) in [6.45, 7) is 9.20. The topological polar surface area (TPSA) is 37.8 Å². The minimum Gasteiger partial charge on any atom is -0.323 e. The second-order valence-electron chi connectivity index (χ2n) is 5.75. The highest BCUT2D eigenvalue weighted by Gasteiger charge is 2.15. The zero-order valence-corrected chi connectivity index (χ0v) is 14.9. The first-order valence-corrected chi connectivity index (χ1v) is 8.94. The Balaban J connectivity index is 2.46. The van der Waals surface area contributed by atoms with E-state index in [4.69, 9.17) is 12.2 Å². The van der Waals surface area contributed by atoms with Crippen molar-refractivity contribution in [1.82, 2.24) is 9.55 Å². The van der Waals surface area contributed by atoms with Crippen LogP contribution in [-0.2, 0) is 6.54 Å². The Labute approximate surface area is 135 Å². The lowest BCUT2D eigenvalue weighted by atomic mass is 9.99. The summed E-state index contributed by atoms with van der Waals surface area (Å²) >= 11 is 7.03. The molecule has 1 N–H and O–H groups in total. The summed E-state index contributed by atoms with van der Waals surface area (Å²) in [5.74, 6) is 0.523. The molecular weight excluding hydrogens is 300 g/mol. The second kappa shape index (κ2) is 6.88. The molecule has 2 aromatic rings. The van der Waals surface area contributed by atoms with E-state index in [-0.39, 0.29) is 5.56 Å².